The van der Waals surface area contributed by atoms with E-state index in [4.69, 9.17) is 14.2 Å². The molecule has 2 saturated heterocycles. The fourth-order valence-corrected chi connectivity index (χ4v) is 4.27. The van der Waals surface area contributed by atoms with E-state index in [-0.39, 0.29) is 11.9 Å². The van der Waals surface area contributed by atoms with Crippen LogP contribution in [0.25, 0.3) is 10.9 Å². The van der Waals surface area contributed by atoms with Crippen molar-refractivity contribution < 1.29 is 19.3 Å². The van der Waals surface area contributed by atoms with Crippen molar-refractivity contribution in [3.63, 3.8) is 0 Å². The molecule has 2 atom stereocenters. The monoisotopic (exact) mass is 371 g/mol. The molecular weight excluding hydrogens is 346 g/mol. The zero-order valence-corrected chi connectivity index (χ0v) is 15.3. The Labute approximate surface area is 157 Å². The number of anilines is 1. The summed E-state index contributed by atoms with van der Waals surface area (Å²) in [6.45, 7) is 4.58. The maximum absolute atomic E-state index is 11.1. The highest BCUT2D eigenvalue weighted by molar-refractivity contribution is 6.14. The summed E-state index contributed by atoms with van der Waals surface area (Å²) >= 11 is 0. The average molecular weight is 371 g/mol. The quantitative estimate of drug-likeness (QED) is 0.863. The molecular formula is C20H25N3O4. The average Bonchev–Trinajstić information content (AvgIpc) is 3.43. The molecule has 2 fully saturated rings. The highest BCUT2D eigenvalue weighted by atomic mass is 16.5. The summed E-state index contributed by atoms with van der Waals surface area (Å²) in [6, 6.07) is 6.76. The topological polar surface area (TPSA) is 77.2 Å². The molecule has 1 aromatic heterocycles. The summed E-state index contributed by atoms with van der Waals surface area (Å²) < 4.78 is 18.7. The van der Waals surface area contributed by atoms with Gasteiger partial charge in [0.2, 0.25) is 5.88 Å². The standard InChI is InChI=1S/C20H25N3O4/c24-20-19(17-12-27-8-5-21-17)16-9-13(22-14-3-6-25-10-14)1-2-18(16)23(20)15-4-7-26-11-15/h1-2,9,14-15,22,24H,3-8,10-12H2. The molecule has 3 aliphatic rings. The van der Waals surface area contributed by atoms with E-state index < -0.39 is 0 Å². The zero-order valence-electron chi connectivity index (χ0n) is 15.3. The molecule has 0 radical (unpaired) electrons. The molecule has 0 saturated carbocycles. The molecule has 0 spiro atoms. The van der Waals surface area contributed by atoms with Crippen molar-refractivity contribution in [2.75, 3.05) is 51.5 Å². The Morgan fingerprint density at radius 2 is 1.96 bits per heavy atom. The Kier molecular flexibility index (Phi) is 4.51. The highest BCUT2D eigenvalue weighted by Crippen LogP contribution is 2.39. The van der Waals surface area contributed by atoms with Crippen LogP contribution < -0.4 is 5.32 Å². The highest BCUT2D eigenvalue weighted by Gasteiger charge is 2.28. The largest absolute Gasteiger partial charge is 0.494 e. The third kappa shape index (κ3) is 3.09. The first-order chi connectivity index (χ1) is 13.3. The second-order valence-corrected chi connectivity index (χ2v) is 7.40. The van der Waals surface area contributed by atoms with E-state index in [9.17, 15) is 5.11 Å². The number of ether oxygens (including phenoxy) is 3. The van der Waals surface area contributed by atoms with Gasteiger partial charge in [0.15, 0.2) is 0 Å². The number of nitrogens with zero attached hydrogens (tertiary/aromatic N) is 2. The van der Waals surface area contributed by atoms with Crippen molar-refractivity contribution in [1.82, 2.24) is 4.57 Å². The summed E-state index contributed by atoms with van der Waals surface area (Å²) in [5.74, 6) is 0.270. The predicted octanol–water partition coefficient (Wildman–Crippen LogP) is 2.33. The van der Waals surface area contributed by atoms with Crippen LogP contribution >= 0.6 is 0 Å². The number of aromatic nitrogens is 1. The lowest BCUT2D eigenvalue weighted by Gasteiger charge is -2.15. The Morgan fingerprint density at radius 1 is 1.07 bits per heavy atom. The Bertz CT molecular complexity index is 864. The molecule has 0 aliphatic carbocycles. The number of hydrogen-bond donors (Lipinski definition) is 2. The maximum atomic E-state index is 11.1. The normalized spacial score (nSPS) is 25.9. The number of benzene rings is 1. The van der Waals surface area contributed by atoms with E-state index in [1.165, 1.54) is 0 Å². The third-order valence-electron chi connectivity index (χ3n) is 5.61. The van der Waals surface area contributed by atoms with Crippen molar-refractivity contribution >= 4 is 22.3 Å². The van der Waals surface area contributed by atoms with Gasteiger partial charge in [-0.1, -0.05) is 0 Å². The fourth-order valence-electron chi connectivity index (χ4n) is 4.27. The van der Waals surface area contributed by atoms with E-state index in [0.29, 0.717) is 32.4 Å². The third-order valence-corrected chi connectivity index (χ3v) is 5.61. The number of aromatic hydroxyl groups is 1. The number of fused-ring (bicyclic) bond motifs is 1. The molecule has 2 unspecified atom stereocenters. The first-order valence-corrected chi connectivity index (χ1v) is 9.71. The molecule has 0 bridgehead atoms. The number of rotatable bonds is 4. The van der Waals surface area contributed by atoms with Crippen LogP contribution in [0, 0.1) is 0 Å². The van der Waals surface area contributed by atoms with Crippen LogP contribution in [0.1, 0.15) is 24.4 Å². The van der Waals surface area contributed by atoms with Crippen molar-refractivity contribution in [2.45, 2.75) is 24.9 Å². The molecule has 1 aromatic carbocycles. The smallest absolute Gasteiger partial charge is 0.201 e. The van der Waals surface area contributed by atoms with Gasteiger partial charge in [0.1, 0.15) is 0 Å². The van der Waals surface area contributed by atoms with Crippen LogP contribution in [-0.2, 0) is 14.2 Å². The second kappa shape index (κ2) is 7.14. The summed E-state index contributed by atoms with van der Waals surface area (Å²) in [5.41, 5.74) is 3.67. The maximum Gasteiger partial charge on any atom is 0.201 e. The summed E-state index contributed by atoms with van der Waals surface area (Å²) in [5, 5.41) is 15.7. The van der Waals surface area contributed by atoms with Crippen LogP contribution in [0.5, 0.6) is 5.88 Å². The van der Waals surface area contributed by atoms with Gasteiger partial charge in [0, 0.05) is 24.3 Å². The molecule has 5 rings (SSSR count). The van der Waals surface area contributed by atoms with Gasteiger partial charge in [0.25, 0.3) is 0 Å². The number of nitrogens with one attached hydrogen (secondary N) is 1. The Balaban J connectivity index is 1.62. The number of aliphatic imine (C=N–C) groups is 1. The van der Waals surface area contributed by atoms with Crippen molar-refractivity contribution in [2.24, 2.45) is 4.99 Å². The van der Waals surface area contributed by atoms with Gasteiger partial charge in [-0.2, -0.15) is 0 Å². The van der Waals surface area contributed by atoms with Gasteiger partial charge < -0.3 is 29.2 Å². The first kappa shape index (κ1) is 17.0. The zero-order chi connectivity index (χ0) is 18.2. The minimum Gasteiger partial charge on any atom is -0.494 e. The van der Waals surface area contributed by atoms with Crippen LogP contribution in [0.4, 0.5) is 5.69 Å². The summed E-state index contributed by atoms with van der Waals surface area (Å²) in [7, 11) is 0. The Hall–Kier alpha value is -2.09. The van der Waals surface area contributed by atoms with Gasteiger partial charge in [-0.25, -0.2) is 0 Å². The van der Waals surface area contributed by atoms with Gasteiger partial charge in [-0.05, 0) is 31.0 Å². The number of hydrogen-bond acceptors (Lipinski definition) is 6. The van der Waals surface area contributed by atoms with Gasteiger partial charge in [-0.15, -0.1) is 0 Å². The van der Waals surface area contributed by atoms with Crippen LogP contribution in [0.15, 0.2) is 23.2 Å². The lowest BCUT2D eigenvalue weighted by atomic mass is 10.1. The molecule has 2 aromatic rings. The molecule has 4 heterocycles. The molecule has 144 valence electrons. The van der Waals surface area contributed by atoms with Gasteiger partial charge >= 0.3 is 0 Å². The SMILES string of the molecule is Oc1c(C2=NCCOC2)c2cc(NC3CCOC3)ccc2n1C1CCOC1. The van der Waals surface area contributed by atoms with Gasteiger partial charge in [0.05, 0.1) is 61.8 Å². The summed E-state index contributed by atoms with van der Waals surface area (Å²) in [4.78, 5) is 4.63. The van der Waals surface area contributed by atoms with Crippen molar-refractivity contribution in [1.29, 1.82) is 0 Å². The Morgan fingerprint density at radius 3 is 2.70 bits per heavy atom. The van der Waals surface area contributed by atoms with Crippen LogP contribution in [0.2, 0.25) is 0 Å². The predicted molar refractivity (Wildman–Crippen MR) is 103 cm³/mol. The van der Waals surface area contributed by atoms with E-state index in [0.717, 1.165) is 60.5 Å². The molecule has 27 heavy (non-hydrogen) atoms. The minimum absolute atomic E-state index is 0.147. The first-order valence-electron chi connectivity index (χ1n) is 9.71. The molecule has 2 N–H and O–H groups in total. The van der Waals surface area contributed by atoms with Crippen LogP contribution in [-0.4, -0.2) is 67.6 Å². The van der Waals surface area contributed by atoms with Crippen molar-refractivity contribution in [3.8, 4) is 5.88 Å². The van der Waals surface area contributed by atoms with E-state index in [1.54, 1.807) is 0 Å². The molecule has 0 amide bonds. The molecule has 3 aliphatic heterocycles. The summed E-state index contributed by atoms with van der Waals surface area (Å²) in [6.07, 6.45) is 1.91. The van der Waals surface area contributed by atoms with Gasteiger partial charge in [-0.3, -0.25) is 4.99 Å². The lowest BCUT2D eigenvalue weighted by molar-refractivity contribution is 0.171. The second-order valence-electron chi connectivity index (χ2n) is 7.40. The van der Waals surface area contributed by atoms with Crippen LogP contribution in [0.3, 0.4) is 0 Å². The fraction of sp³-hybridized carbons (Fsp3) is 0.550. The van der Waals surface area contributed by atoms with E-state index >= 15 is 0 Å². The van der Waals surface area contributed by atoms with Crippen molar-refractivity contribution in [3.05, 3.63) is 23.8 Å². The van der Waals surface area contributed by atoms with E-state index in [1.807, 2.05) is 4.57 Å². The molecule has 7 heteroatoms. The minimum atomic E-state index is 0.147. The lowest BCUT2D eigenvalue weighted by Crippen LogP contribution is -2.19. The molecule has 7 nitrogen and oxygen atoms in total. The van der Waals surface area contributed by atoms with E-state index in [2.05, 4.69) is 28.5 Å².